The Morgan fingerprint density at radius 1 is 1.10 bits per heavy atom. The number of carbonyl (C=O) groups excluding carboxylic acids is 2. The van der Waals surface area contributed by atoms with Crippen LogP contribution < -0.4 is 10.6 Å². The van der Waals surface area contributed by atoms with E-state index in [1.165, 1.54) is 0 Å². The molecule has 1 atom stereocenters. The van der Waals surface area contributed by atoms with Crippen molar-refractivity contribution >= 4 is 24.3 Å². The minimum absolute atomic E-state index is 0.0429. The molecule has 0 saturated carbocycles. The van der Waals surface area contributed by atoms with E-state index in [2.05, 4.69) is 23.3 Å². The summed E-state index contributed by atoms with van der Waals surface area (Å²) in [6.45, 7) is 13.8. The van der Waals surface area contributed by atoms with Crippen LogP contribution in [0.5, 0.6) is 0 Å². The fourth-order valence-electron chi connectivity index (χ4n) is 1.72. The number of carbonyl (C=O) groups is 2. The van der Waals surface area contributed by atoms with E-state index in [0.29, 0.717) is 12.3 Å². The average Bonchev–Trinajstić information content (AvgIpc) is 2.21. The monoisotopic (exact) mass is 302 g/mol. The van der Waals surface area contributed by atoms with Gasteiger partial charge in [-0.1, -0.05) is 13.8 Å². The molecule has 20 heavy (non-hydrogen) atoms. The molecule has 0 radical (unpaired) electrons. The second-order valence-corrected chi connectivity index (χ2v) is 8.39. The van der Waals surface area contributed by atoms with E-state index in [4.69, 9.17) is 0 Å². The lowest BCUT2D eigenvalue weighted by Crippen LogP contribution is -2.51. The van der Waals surface area contributed by atoms with Crippen molar-refractivity contribution < 1.29 is 9.59 Å². The van der Waals surface area contributed by atoms with Crippen molar-refractivity contribution in [3.8, 4) is 0 Å². The van der Waals surface area contributed by atoms with Crippen LogP contribution in [0.25, 0.3) is 0 Å². The van der Waals surface area contributed by atoms with Gasteiger partial charge in [0.2, 0.25) is 5.91 Å². The number of hydrogen-bond acceptors (Lipinski definition) is 4. The van der Waals surface area contributed by atoms with Gasteiger partial charge in [0, 0.05) is 5.54 Å². The first-order chi connectivity index (χ1) is 8.83. The number of Topliss-reactive ketones (excluding diaryl/α,β-unsaturated/α-hetero) is 1. The molecular weight excluding hydrogens is 272 g/mol. The largest absolute Gasteiger partial charge is 0.345 e. The molecule has 0 unspecified atom stereocenters. The van der Waals surface area contributed by atoms with Crippen LogP contribution in [-0.4, -0.2) is 34.6 Å². The van der Waals surface area contributed by atoms with Crippen molar-refractivity contribution in [1.29, 1.82) is 0 Å². The summed E-state index contributed by atoms with van der Waals surface area (Å²) in [4.78, 5) is 24.3. The van der Waals surface area contributed by atoms with E-state index in [9.17, 15) is 9.59 Å². The van der Waals surface area contributed by atoms with Gasteiger partial charge in [-0.2, -0.15) is 12.6 Å². The molecule has 1 amide bonds. The van der Waals surface area contributed by atoms with E-state index in [1.54, 1.807) is 13.8 Å². The minimum atomic E-state index is -0.746. The number of amides is 1. The molecule has 0 aliphatic rings. The Morgan fingerprint density at radius 3 is 1.95 bits per heavy atom. The zero-order valence-corrected chi connectivity index (χ0v) is 14.7. The zero-order valence-electron chi connectivity index (χ0n) is 13.8. The van der Waals surface area contributed by atoms with Gasteiger partial charge in [-0.25, -0.2) is 0 Å². The van der Waals surface area contributed by atoms with Crippen LogP contribution in [0.4, 0.5) is 0 Å². The van der Waals surface area contributed by atoms with Crippen LogP contribution in [0.1, 0.15) is 54.9 Å². The molecule has 0 fully saturated rings. The molecule has 0 spiro atoms. The summed E-state index contributed by atoms with van der Waals surface area (Å²) in [6.07, 6.45) is 0.629. The molecule has 0 rings (SSSR count). The van der Waals surface area contributed by atoms with E-state index in [0.717, 1.165) is 0 Å². The zero-order chi connectivity index (χ0) is 16.1. The summed E-state index contributed by atoms with van der Waals surface area (Å²) >= 11 is 4.32. The van der Waals surface area contributed by atoms with Gasteiger partial charge in [0.05, 0.1) is 17.3 Å². The van der Waals surface area contributed by atoms with Crippen LogP contribution in [0, 0.1) is 5.92 Å². The van der Waals surface area contributed by atoms with Crippen LogP contribution >= 0.6 is 12.6 Å². The molecule has 0 aromatic heterocycles. The first-order valence-electron chi connectivity index (χ1n) is 7.14. The first kappa shape index (κ1) is 19.4. The number of rotatable bonds is 7. The molecule has 0 aliphatic heterocycles. The van der Waals surface area contributed by atoms with Gasteiger partial charge in [0.25, 0.3) is 0 Å². The molecule has 0 aliphatic carbocycles. The molecule has 0 heterocycles. The Labute approximate surface area is 128 Å². The highest BCUT2D eigenvalue weighted by atomic mass is 32.1. The van der Waals surface area contributed by atoms with Crippen molar-refractivity contribution in [1.82, 2.24) is 10.6 Å². The SMILES string of the molecule is CC(C)C[C@H](NC(=O)CNC(C)(C)C)C(=O)C(C)(C)S. The lowest BCUT2D eigenvalue weighted by Gasteiger charge is -2.27. The molecule has 118 valence electrons. The summed E-state index contributed by atoms with van der Waals surface area (Å²) in [7, 11) is 0. The molecule has 0 aromatic rings. The lowest BCUT2D eigenvalue weighted by molar-refractivity contribution is -0.128. The summed E-state index contributed by atoms with van der Waals surface area (Å²) in [5.74, 6) is 0.130. The Hall–Kier alpha value is -0.550. The Bertz CT molecular complexity index is 341. The number of nitrogens with one attached hydrogen (secondary N) is 2. The average molecular weight is 302 g/mol. The highest BCUT2D eigenvalue weighted by molar-refractivity contribution is 7.82. The first-order valence-corrected chi connectivity index (χ1v) is 7.58. The highest BCUT2D eigenvalue weighted by Gasteiger charge is 2.32. The van der Waals surface area contributed by atoms with Crippen molar-refractivity contribution in [3.05, 3.63) is 0 Å². The molecule has 2 N–H and O–H groups in total. The smallest absolute Gasteiger partial charge is 0.234 e. The fraction of sp³-hybridized carbons (Fsp3) is 0.867. The third-order valence-corrected chi connectivity index (χ3v) is 2.96. The Kier molecular flexibility index (Phi) is 7.25. The second kappa shape index (κ2) is 7.46. The Morgan fingerprint density at radius 2 is 1.60 bits per heavy atom. The predicted octanol–water partition coefficient (Wildman–Crippen LogP) is 2.18. The molecular formula is C15H30N2O2S. The van der Waals surface area contributed by atoms with Gasteiger partial charge >= 0.3 is 0 Å². The van der Waals surface area contributed by atoms with Crippen molar-refractivity contribution in [2.75, 3.05) is 6.54 Å². The van der Waals surface area contributed by atoms with Gasteiger partial charge < -0.3 is 10.6 Å². The normalized spacial score (nSPS) is 14.2. The van der Waals surface area contributed by atoms with E-state index < -0.39 is 10.8 Å². The van der Waals surface area contributed by atoms with Gasteiger partial charge in [-0.05, 0) is 47.0 Å². The topological polar surface area (TPSA) is 58.2 Å². The molecule has 0 bridgehead atoms. The van der Waals surface area contributed by atoms with Crippen molar-refractivity contribution in [2.24, 2.45) is 5.92 Å². The quantitative estimate of drug-likeness (QED) is 0.632. The molecule has 5 heteroatoms. The maximum absolute atomic E-state index is 12.3. The van der Waals surface area contributed by atoms with E-state index in [-0.39, 0.29) is 23.8 Å². The number of thiol groups is 1. The maximum Gasteiger partial charge on any atom is 0.234 e. The van der Waals surface area contributed by atoms with E-state index in [1.807, 2.05) is 34.6 Å². The van der Waals surface area contributed by atoms with Crippen LogP contribution in [-0.2, 0) is 9.59 Å². The second-order valence-electron chi connectivity index (χ2n) is 7.28. The number of hydrogen-bond donors (Lipinski definition) is 3. The summed E-state index contributed by atoms with van der Waals surface area (Å²) in [6, 6.07) is -0.475. The molecule has 0 saturated heterocycles. The lowest BCUT2D eigenvalue weighted by atomic mass is 9.93. The summed E-state index contributed by atoms with van der Waals surface area (Å²) in [5, 5.41) is 5.94. The van der Waals surface area contributed by atoms with Crippen LogP contribution in [0.3, 0.4) is 0 Å². The van der Waals surface area contributed by atoms with Crippen molar-refractivity contribution in [2.45, 2.75) is 71.2 Å². The van der Waals surface area contributed by atoms with Crippen molar-refractivity contribution in [3.63, 3.8) is 0 Å². The minimum Gasteiger partial charge on any atom is -0.345 e. The third kappa shape index (κ3) is 8.59. The predicted molar refractivity (Wildman–Crippen MR) is 87.2 cm³/mol. The molecule has 4 nitrogen and oxygen atoms in total. The molecule has 0 aromatic carbocycles. The van der Waals surface area contributed by atoms with Gasteiger partial charge in [0.1, 0.15) is 0 Å². The standard InChI is InChI=1S/C15H30N2O2S/c1-10(2)8-11(13(19)15(6,7)20)17-12(18)9-16-14(3,4)5/h10-11,16,20H,8-9H2,1-7H3,(H,17,18)/t11-/m0/s1. The maximum atomic E-state index is 12.3. The highest BCUT2D eigenvalue weighted by Crippen LogP contribution is 2.19. The van der Waals surface area contributed by atoms with Crippen LogP contribution in [0.2, 0.25) is 0 Å². The number of ketones is 1. The summed E-state index contributed by atoms with van der Waals surface area (Å²) < 4.78 is -0.746. The van der Waals surface area contributed by atoms with Crippen LogP contribution in [0.15, 0.2) is 0 Å². The third-order valence-electron chi connectivity index (χ3n) is 2.74. The van der Waals surface area contributed by atoms with Gasteiger partial charge in [0.15, 0.2) is 5.78 Å². The Balaban J connectivity index is 4.66. The van der Waals surface area contributed by atoms with Gasteiger partial charge in [-0.3, -0.25) is 9.59 Å². The summed E-state index contributed by atoms with van der Waals surface area (Å²) in [5.41, 5.74) is -0.127. The van der Waals surface area contributed by atoms with E-state index >= 15 is 0 Å². The van der Waals surface area contributed by atoms with Gasteiger partial charge in [-0.15, -0.1) is 0 Å². The fourth-order valence-corrected chi connectivity index (χ4v) is 1.88.